The van der Waals surface area contributed by atoms with Gasteiger partial charge in [-0.25, -0.2) is 9.69 Å². The van der Waals surface area contributed by atoms with Crippen molar-refractivity contribution >= 4 is 46.9 Å². The van der Waals surface area contributed by atoms with E-state index in [-0.39, 0.29) is 17.0 Å². The van der Waals surface area contributed by atoms with Gasteiger partial charge in [-0.2, -0.15) is 13.2 Å². The molecule has 0 atom stereocenters. The highest BCUT2D eigenvalue weighted by atomic mass is 35.5. The number of halogens is 4. The van der Waals surface area contributed by atoms with E-state index in [9.17, 15) is 37.7 Å². The van der Waals surface area contributed by atoms with E-state index in [1.165, 1.54) is 48.5 Å². The van der Waals surface area contributed by atoms with Crippen molar-refractivity contribution in [2.24, 2.45) is 0 Å². The van der Waals surface area contributed by atoms with Crippen LogP contribution in [0.2, 0.25) is 5.02 Å². The molecular weight excluding hydrogens is 519 g/mol. The van der Waals surface area contributed by atoms with Gasteiger partial charge in [0, 0.05) is 16.7 Å². The summed E-state index contributed by atoms with van der Waals surface area (Å²) in [5, 5.41) is 13.8. The number of ether oxygens (including phenoxy) is 1. The summed E-state index contributed by atoms with van der Waals surface area (Å²) in [5.41, 5.74) is -2.43. The minimum Gasteiger partial charge on any atom is -0.449 e. The van der Waals surface area contributed by atoms with Crippen molar-refractivity contribution in [2.75, 3.05) is 4.90 Å². The van der Waals surface area contributed by atoms with Crippen molar-refractivity contribution in [3.05, 3.63) is 98.6 Å². The Kier molecular flexibility index (Phi) is 6.68. The number of benzene rings is 3. The molecule has 9 nitrogen and oxygen atoms in total. The number of alkyl halides is 3. The maximum Gasteiger partial charge on any atom is 0.416 e. The highest BCUT2D eigenvalue weighted by Crippen LogP contribution is 2.39. The summed E-state index contributed by atoms with van der Waals surface area (Å²) in [6.45, 7) is 0. The van der Waals surface area contributed by atoms with E-state index in [4.69, 9.17) is 16.3 Å². The van der Waals surface area contributed by atoms with Gasteiger partial charge >= 0.3 is 17.9 Å². The monoisotopic (exact) mass is 531 g/mol. The summed E-state index contributed by atoms with van der Waals surface area (Å²) in [6, 6.07) is 12.2. The predicted molar refractivity (Wildman–Crippen MR) is 125 cm³/mol. The van der Waals surface area contributed by atoms with Gasteiger partial charge in [0.2, 0.25) is 5.75 Å². The van der Waals surface area contributed by atoms with E-state index in [1.54, 1.807) is 0 Å². The Morgan fingerprint density at radius 2 is 1.65 bits per heavy atom. The van der Waals surface area contributed by atoms with Crippen molar-refractivity contribution in [2.45, 2.75) is 6.18 Å². The highest BCUT2D eigenvalue weighted by Gasteiger charge is 2.37. The molecule has 4 rings (SSSR count). The number of barbiturate groups is 1. The van der Waals surface area contributed by atoms with Crippen molar-refractivity contribution in [1.29, 1.82) is 0 Å². The Morgan fingerprint density at radius 3 is 2.30 bits per heavy atom. The molecule has 1 aliphatic rings. The van der Waals surface area contributed by atoms with E-state index < -0.39 is 51.5 Å². The van der Waals surface area contributed by atoms with E-state index in [2.05, 4.69) is 0 Å². The highest BCUT2D eigenvalue weighted by molar-refractivity contribution is 6.39. The lowest BCUT2D eigenvalue weighted by Crippen LogP contribution is -2.54. The third-order valence-corrected chi connectivity index (χ3v) is 5.36. The Hall–Kier alpha value is -4.71. The second-order valence-electron chi connectivity index (χ2n) is 7.51. The molecule has 0 aromatic heterocycles. The molecule has 188 valence electrons. The van der Waals surface area contributed by atoms with Crippen LogP contribution >= 0.6 is 11.6 Å². The molecule has 1 heterocycles. The lowest BCUT2D eigenvalue weighted by atomic mass is 10.1. The first-order valence-electron chi connectivity index (χ1n) is 10.3. The van der Waals surface area contributed by atoms with Crippen LogP contribution in [0.1, 0.15) is 11.1 Å². The topological polar surface area (TPSA) is 119 Å². The normalized spacial score (nSPS) is 15.1. The number of carbonyl (C=O) groups excluding carboxylic acids is 3. The summed E-state index contributed by atoms with van der Waals surface area (Å²) in [5.74, 6) is -2.57. The zero-order valence-corrected chi connectivity index (χ0v) is 19.0. The fourth-order valence-corrected chi connectivity index (χ4v) is 3.50. The van der Waals surface area contributed by atoms with Crippen LogP contribution in [0.25, 0.3) is 6.08 Å². The number of hydrogen-bond donors (Lipinski definition) is 1. The predicted octanol–water partition coefficient (Wildman–Crippen LogP) is 5.73. The Labute approximate surface area is 210 Å². The van der Waals surface area contributed by atoms with Crippen LogP contribution in [0.15, 0.2) is 72.3 Å². The number of nitro groups is 1. The molecule has 1 aliphatic heterocycles. The summed E-state index contributed by atoms with van der Waals surface area (Å²) in [7, 11) is 0. The van der Waals surface area contributed by atoms with Gasteiger partial charge in [-0.15, -0.1) is 0 Å². The maximum absolute atomic E-state index is 13.1. The van der Waals surface area contributed by atoms with Gasteiger partial charge in [0.25, 0.3) is 11.8 Å². The molecule has 0 spiro atoms. The van der Waals surface area contributed by atoms with E-state index >= 15 is 0 Å². The second kappa shape index (κ2) is 9.74. The van der Waals surface area contributed by atoms with Crippen molar-refractivity contribution in [3.8, 4) is 11.5 Å². The number of rotatable bonds is 5. The zero-order valence-electron chi connectivity index (χ0n) is 18.3. The number of amides is 4. The van der Waals surface area contributed by atoms with E-state index in [0.717, 1.165) is 12.1 Å². The lowest BCUT2D eigenvalue weighted by molar-refractivity contribution is -0.385. The third-order valence-electron chi connectivity index (χ3n) is 5.11. The molecule has 1 saturated heterocycles. The summed E-state index contributed by atoms with van der Waals surface area (Å²) < 4.78 is 44.6. The Bertz CT molecular complexity index is 1470. The van der Waals surface area contributed by atoms with Crippen LogP contribution in [-0.2, 0) is 15.8 Å². The van der Waals surface area contributed by atoms with Gasteiger partial charge in [-0.05, 0) is 48.5 Å². The van der Waals surface area contributed by atoms with Gasteiger partial charge < -0.3 is 4.74 Å². The van der Waals surface area contributed by atoms with Gasteiger partial charge in [0.15, 0.2) is 0 Å². The first-order chi connectivity index (χ1) is 17.5. The molecule has 4 amide bonds. The molecular formula is C24H13ClF3N3O6. The number of imide groups is 2. The summed E-state index contributed by atoms with van der Waals surface area (Å²) in [6.07, 6.45) is -3.72. The molecule has 37 heavy (non-hydrogen) atoms. The van der Waals surface area contributed by atoms with E-state index in [0.29, 0.717) is 22.1 Å². The van der Waals surface area contributed by atoms with Crippen LogP contribution in [0.5, 0.6) is 11.5 Å². The number of hydrogen-bond acceptors (Lipinski definition) is 6. The third kappa shape index (κ3) is 5.28. The average Bonchev–Trinajstić information content (AvgIpc) is 2.83. The molecule has 0 saturated carbocycles. The SMILES string of the molecule is O=C1NC(=O)N(c2ccc(Cl)cc2)C(=O)/C1=C/c1ccccc1Oc1ccc(C(F)(F)F)cc1[N+](=O)[O-]. The fourth-order valence-electron chi connectivity index (χ4n) is 3.37. The van der Waals surface area contributed by atoms with Crippen LogP contribution in [0.4, 0.5) is 29.3 Å². The van der Waals surface area contributed by atoms with Gasteiger partial charge in [0.1, 0.15) is 11.3 Å². The van der Waals surface area contributed by atoms with Gasteiger partial charge in [0.05, 0.1) is 16.2 Å². The zero-order chi connectivity index (χ0) is 26.9. The molecule has 0 radical (unpaired) electrons. The Morgan fingerprint density at radius 1 is 0.973 bits per heavy atom. The minimum atomic E-state index is -4.81. The van der Waals surface area contributed by atoms with Crippen LogP contribution in [-0.4, -0.2) is 22.8 Å². The average molecular weight is 532 g/mol. The number of nitrogens with zero attached hydrogens (tertiary/aromatic N) is 2. The quantitative estimate of drug-likeness (QED) is 0.194. The molecule has 0 bridgehead atoms. The van der Waals surface area contributed by atoms with Crippen molar-refractivity contribution in [3.63, 3.8) is 0 Å². The molecule has 3 aromatic carbocycles. The fraction of sp³-hybridized carbons (Fsp3) is 0.0417. The maximum atomic E-state index is 13.1. The minimum absolute atomic E-state index is 0.0839. The number of nitro benzene ring substituents is 1. The molecule has 3 aromatic rings. The smallest absolute Gasteiger partial charge is 0.416 e. The Balaban J connectivity index is 1.72. The summed E-state index contributed by atoms with van der Waals surface area (Å²) in [4.78, 5) is 49.0. The van der Waals surface area contributed by atoms with E-state index in [1.807, 2.05) is 5.32 Å². The standard InChI is InChI=1S/C24H13ClF3N3O6/c25-15-6-8-16(9-7-15)30-22(33)17(21(32)29-23(30)34)11-13-3-1-2-4-19(13)37-20-10-5-14(24(26,27)28)12-18(20)31(35)36/h1-12H,(H,29,32,34)/b17-11+. The first-order valence-corrected chi connectivity index (χ1v) is 10.6. The van der Waals surface area contributed by atoms with Crippen molar-refractivity contribution in [1.82, 2.24) is 5.32 Å². The van der Waals surface area contributed by atoms with Gasteiger partial charge in [-0.3, -0.25) is 25.0 Å². The molecule has 1 fully saturated rings. The largest absolute Gasteiger partial charge is 0.449 e. The van der Waals surface area contributed by atoms with Crippen LogP contribution in [0.3, 0.4) is 0 Å². The molecule has 13 heteroatoms. The van der Waals surface area contributed by atoms with Crippen molar-refractivity contribution < 1.29 is 37.2 Å². The van der Waals surface area contributed by atoms with Gasteiger partial charge in [-0.1, -0.05) is 29.8 Å². The molecule has 0 aliphatic carbocycles. The number of para-hydroxylation sites is 1. The molecule has 1 N–H and O–H groups in total. The number of carbonyl (C=O) groups is 3. The summed E-state index contributed by atoms with van der Waals surface area (Å²) >= 11 is 5.85. The number of anilines is 1. The second-order valence-corrected chi connectivity index (χ2v) is 7.95. The van der Waals surface area contributed by atoms with Crippen LogP contribution < -0.4 is 15.0 Å². The first kappa shape index (κ1) is 25.4. The number of urea groups is 1. The lowest BCUT2D eigenvalue weighted by Gasteiger charge is -2.26. The van der Waals surface area contributed by atoms with Crippen LogP contribution in [0, 0.1) is 10.1 Å². The number of nitrogens with one attached hydrogen (secondary N) is 1. The molecule has 0 unspecified atom stereocenters.